The van der Waals surface area contributed by atoms with Crippen LogP contribution in [0.3, 0.4) is 0 Å². The van der Waals surface area contributed by atoms with Crippen LogP contribution in [0.15, 0.2) is 16.6 Å². The van der Waals surface area contributed by atoms with Crippen LogP contribution in [0.4, 0.5) is 4.39 Å². The number of ether oxygens (including phenoxy) is 1. The molecule has 0 aromatic heterocycles. The molecule has 0 bridgehead atoms. The second-order valence-corrected chi connectivity index (χ2v) is 5.36. The fourth-order valence-corrected chi connectivity index (χ4v) is 2.73. The zero-order valence-electron chi connectivity index (χ0n) is 10.5. The summed E-state index contributed by atoms with van der Waals surface area (Å²) in [4.78, 5) is 2.26. The third-order valence-electron chi connectivity index (χ3n) is 3.08. The minimum absolute atomic E-state index is 0.159. The van der Waals surface area contributed by atoms with Gasteiger partial charge in [0.1, 0.15) is 5.82 Å². The maximum Gasteiger partial charge on any atom is 0.141 e. The molecule has 0 atom stereocenters. The minimum Gasteiger partial charge on any atom is -0.380 e. The summed E-state index contributed by atoms with van der Waals surface area (Å²) in [6.07, 6.45) is 0. The Hall–Kier alpha value is -0.490. The number of methoxy groups -OCH3 is 1. The Balaban J connectivity index is 2.14. The van der Waals surface area contributed by atoms with Gasteiger partial charge < -0.3 is 10.1 Å². The largest absolute Gasteiger partial charge is 0.380 e. The van der Waals surface area contributed by atoms with E-state index in [1.165, 1.54) is 0 Å². The van der Waals surface area contributed by atoms with Crippen molar-refractivity contribution >= 4 is 15.9 Å². The summed E-state index contributed by atoms with van der Waals surface area (Å²) in [5, 5.41) is 3.29. The Kier molecular flexibility index (Phi) is 5.12. The van der Waals surface area contributed by atoms with E-state index < -0.39 is 0 Å². The van der Waals surface area contributed by atoms with E-state index in [-0.39, 0.29) is 5.82 Å². The van der Waals surface area contributed by atoms with Gasteiger partial charge in [-0.05, 0) is 33.6 Å². The first-order chi connectivity index (χ1) is 8.70. The van der Waals surface area contributed by atoms with Crippen molar-refractivity contribution in [3.8, 4) is 0 Å². The summed E-state index contributed by atoms with van der Waals surface area (Å²) in [5.74, 6) is -0.159. The topological polar surface area (TPSA) is 24.5 Å². The summed E-state index contributed by atoms with van der Waals surface area (Å²) in [7, 11) is 1.65. The molecule has 0 unspecified atom stereocenters. The molecule has 100 valence electrons. The molecule has 3 nitrogen and oxygen atoms in total. The maximum absolute atomic E-state index is 14.0. The van der Waals surface area contributed by atoms with Crippen LogP contribution in [0.2, 0.25) is 0 Å². The third kappa shape index (κ3) is 3.51. The highest BCUT2D eigenvalue weighted by atomic mass is 79.9. The van der Waals surface area contributed by atoms with Gasteiger partial charge in [-0.15, -0.1) is 0 Å². The van der Waals surface area contributed by atoms with E-state index in [2.05, 4.69) is 26.1 Å². The van der Waals surface area contributed by atoms with E-state index in [0.717, 1.165) is 37.3 Å². The summed E-state index contributed by atoms with van der Waals surface area (Å²) in [6, 6.07) is 3.67. The monoisotopic (exact) mass is 316 g/mol. The SMILES string of the molecule is COCc1cc(Br)c(F)c(CN2CCNCC2)c1. The Morgan fingerprint density at radius 2 is 2.11 bits per heavy atom. The second-order valence-electron chi connectivity index (χ2n) is 4.51. The lowest BCUT2D eigenvalue weighted by molar-refractivity contribution is 0.184. The molecule has 1 fully saturated rings. The predicted molar refractivity (Wildman–Crippen MR) is 73.0 cm³/mol. The van der Waals surface area contributed by atoms with E-state index in [1.807, 2.05) is 6.07 Å². The van der Waals surface area contributed by atoms with E-state index in [9.17, 15) is 4.39 Å². The Labute approximate surface area is 115 Å². The zero-order valence-corrected chi connectivity index (χ0v) is 12.1. The van der Waals surface area contributed by atoms with Crippen LogP contribution in [0.5, 0.6) is 0 Å². The first-order valence-corrected chi connectivity index (χ1v) is 6.89. The molecular weight excluding hydrogens is 299 g/mol. The number of nitrogens with one attached hydrogen (secondary N) is 1. The van der Waals surface area contributed by atoms with Crippen molar-refractivity contribution in [2.24, 2.45) is 0 Å². The van der Waals surface area contributed by atoms with Crippen LogP contribution in [0, 0.1) is 5.82 Å². The Bertz CT molecular complexity index is 408. The lowest BCUT2D eigenvalue weighted by Crippen LogP contribution is -2.43. The fraction of sp³-hybridized carbons (Fsp3) is 0.538. The summed E-state index contributed by atoms with van der Waals surface area (Å²) >= 11 is 3.27. The molecule has 0 saturated carbocycles. The van der Waals surface area contributed by atoms with Crippen LogP contribution >= 0.6 is 15.9 Å². The zero-order chi connectivity index (χ0) is 13.0. The van der Waals surface area contributed by atoms with E-state index >= 15 is 0 Å². The number of hydrogen-bond acceptors (Lipinski definition) is 3. The van der Waals surface area contributed by atoms with Crippen molar-refractivity contribution in [3.05, 3.63) is 33.5 Å². The normalized spacial score (nSPS) is 17.1. The number of halogens is 2. The van der Waals surface area contributed by atoms with Crippen LogP contribution < -0.4 is 5.32 Å². The number of piperazine rings is 1. The molecule has 2 rings (SSSR count). The highest BCUT2D eigenvalue weighted by Crippen LogP contribution is 2.23. The van der Waals surface area contributed by atoms with Gasteiger partial charge in [0.15, 0.2) is 0 Å². The van der Waals surface area contributed by atoms with E-state index in [0.29, 0.717) is 17.6 Å². The molecule has 0 radical (unpaired) electrons. The molecule has 18 heavy (non-hydrogen) atoms. The van der Waals surface area contributed by atoms with Crippen molar-refractivity contribution in [3.63, 3.8) is 0 Å². The van der Waals surface area contributed by atoms with Gasteiger partial charge in [-0.25, -0.2) is 4.39 Å². The molecule has 1 aromatic carbocycles. The van der Waals surface area contributed by atoms with Crippen LogP contribution in [-0.2, 0) is 17.9 Å². The average molecular weight is 317 g/mol. The van der Waals surface area contributed by atoms with Gasteiger partial charge in [-0.1, -0.05) is 0 Å². The molecular formula is C13H18BrFN2O. The van der Waals surface area contributed by atoms with Crippen LogP contribution in [0.1, 0.15) is 11.1 Å². The highest BCUT2D eigenvalue weighted by Gasteiger charge is 2.15. The number of hydrogen-bond donors (Lipinski definition) is 1. The fourth-order valence-electron chi connectivity index (χ4n) is 2.18. The lowest BCUT2D eigenvalue weighted by atomic mass is 10.1. The molecule has 1 aliphatic heterocycles. The smallest absolute Gasteiger partial charge is 0.141 e. The minimum atomic E-state index is -0.159. The van der Waals surface area contributed by atoms with Crippen molar-refractivity contribution in [2.75, 3.05) is 33.3 Å². The molecule has 5 heteroatoms. The molecule has 0 aliphatic carbocycles. The third-order valence-corrected chi connectivity index (χ3v) is 3.65. The van der Waals surface area contributed by atoms with Gasteiger partial charge in [0.2, 0.25) is 0 Å². The summed E-state index contributed by atoms with van der Waals surface area (Å²) < 4.78 is 19.7. The molecule has 1 saturated heterocycles. The summed E-state index contributed by atoms with van der Waals surface area (Å²) in [5.41, 5.74) is 1.73. The van der Waals surface area contributed by atoms with Crippen molar-refractivity contribution in [1.82, 2.24) is 10.2 Å². The number of benzene rings is 1. The average Bonchev–Trinajstić information content (AvgIpc) is 2.37. The second kappa shape index (κ2) is 6.61. The quantitative estimate of drug-likeness (QED) is 0.921. The van der Waals surface area contributed by atoms with Gasteiger partial charge >= 0.3 is 0 Å². The number of nitrogens with zero attached hydrogens (tertiary/aromatic N) is 1. The predicted octanol–water partition coefficient (Wildman–Crippen LogP) is 2.14. The van der Waals surface area contributed by atoms with Crippen molar-refractivity contribution < 1.29 is 9.13 Å². The molecule has 0 amide bonds. The Morgan fingerprint density at radius 1 is 1.39 bits per heavy atom. The first-order valence-electron chi connectivity index (χ1n) is 6.09. The van der Waals surface area contributed by atoms with Crippen LogP contribution in [0.25, 0.3) is 0 Å². The molecule has 1 aliphatic rings. The standard InChI is InChI=1S/C13H18BrFN2O/c1-18-9-10-6-11(13(15)12(14)7-10)8-17-4-2-16-3-5-17/h6-7,16H,2-5,8-9H2,1H3. The maximum atomic E-state index is 14.0. The molecule has 1 N–H and O–H groups in total. The highest BCUT2D eigenvalue weighted by molar-refractivity contribution is 9.10. The molecule has 0 spiro atoms. The van der Waals surface area contributed by atoms with Gasteiger partial charge in [0, 0.05) is 45.4 Å². The van der Waals surface area contributed by atoms with Crippen LogP contribution in [-0.4, -0.2) is 38.2 Å². The number of rotatable bonds is 4. The van der Waals surface area contributed by atoms with Crippen molar-refractivity contribution in [1.29, 1.82) is 0 Å². The van der Waals surface area contributed by atoms with E-state index in [4.69, 9.17) is 4.74 Å². The molecule has 1 aromatic rings. The van der Waals surface area contributed by atoms with Gasteiger partial charge in [0.05, 0.1) is 11.1 Å². The van der Waals surface area contributed by atoms with E-state index in [1.54, 1.807) is 13.2 Å². The molecule has 1 heterocycles. The summed E-state index contributed by atoms with van der Waals surface area (Å²) in [6.45, 7) is 5.04. The lowest BCUT2D eigenvalue weighted by Gasteiger charge is -2.27. The van der Waals surface area contributed by atoms with Gasteiger partial charge in [0.25, 0.3) is 0 Å². The Morgan fingerprint density at radius 3 is 2.78 bits per heavy atom. The van der Waals surface area contributed by atoms with Crippen molar-refractivity contribution in [2.45, 2.75) is 13.2 Å². The van der Waals surface area contributed by atoms with Gasteiger partial charge in [-0.3, -0.25) is 4.90 Å². The van der Waals surface area contributed by atoms with Gasteiger partial charge in [-0.2, -0.15) is 0 Å². The first kappa shape index (κ1) is 13.9.